The van der Waals surface area contributed by atoms with E-state index in [4.69, 9.17) is 5.73 Å². The van der Waals surface area contributed by atoms with Crippen LogP contribution in [0.1, 0.15) is 29.4 Å². The third kappa shape index (κ3) is 3.36. The standard InChI is InChI=1S/C17H23N3/c1-4-20(12-16-7-5-6-14(3)19-16)17-10-13(2)8-9-15(17)11-18/h5-10H,4,11-12,18H2,1-3H3. The number of hydrogen-bond acceptors (Lipinski definition) is 3. The number of aromatic nitrogens is 1. The second-order valence-electron chi connectivity index (χ2n) is 5.12. The second kappa shape index (κ2) is 6.53. The molecule has 20 heavy (non-hydrogen) atoms. The average Bonchev–Trinajstić information content (AvgIpc) is 2.45. The van der Waals surface area contributed by atoms with Gasteiger partial charge in [0.25, 0.3) is 0 Å². The van der Waals surface area contributed by atoms with Gasteiger partial charge in [-0.3, -0.25) is 4.98 Å². The number of aryl methyl sites for hydroxylation is 2. The summed E-state index contributed by atoms with van der Waals surface area (Å²) in [5.41, 5.74) is 11.7. The minimum atomic E-state index is 0.563. The first kappa shape index (κ1) is 14.5. The zero-order valence-corrected chi connectivity index (χ0v) is 12.6. The first-order valence-electron chi connectivity index (χ1n) is 7.11. The molecule has 0 atom stereocenters. The van der Waals surface area contributed by atoms with Crippen LogP contribution in [0.4, 0.5) is 5.69 Å². The number of rotatable bonds is 5. The molecule has 0 radical (unpaired) electrons. The molecular weight excluding hydrogens is 246 g/mol. The molecule has 0 spiro atoms. The van der Waals surface area contributed by atoms with Crippen molar-refractivity contribution in [3.8, 4) is 0 Å². The van der Waals surface area contributed by atoms with E-state index in [0.29, 0.717) is 6.54 Å². The van der Waals surface area contributed by atoms with Crippen LogP contribution in [0.15, 0.2) is 36.4 Å². The van der Waals surface area contributed by atoms with Gasteiger partial charge >= 0.3 is 0 Å². The normalized spacial score (nSPS) is 10.6. The lowest BCUT2D eigenvalue weighted by molar-refractivity contribution is 0.797. The van der Waals surface area contributed by atoms with E-state index in [2.05, 4.69) is 54.1 Å². The lowest BCUT2D eigenvalue weighted by Gasteiger charge is -2.26. The van der Waals surface area contributed by atoms with Crippen molar-refractivity contribution < 1.29 is 0 Å². The van der Waals surface area contributed by atoms with Crippen molar-refractivity contribution in [2.75, 3.05) is 11.4 Å². The quantitative estimate of drug-likeness (QED) is 0.906. The number of anilines is 1. The number of benzene rings is 1. The van der Waals surface area contributed by atoms with Crippen molar-refractivity contribution in [3.05, 3.63) is 58.9 Å². The Hall–Kier alpha value is -1.87. The fourth-order valence-electron chi connectivity index (χ4n) is 2.39. The number of hydrogen-bond donors (Lipinski definition) is 1. The van der Waals surface area contributed by atoms with Gasteiger partial charge in [-0.05, 0) is 50.1 Å². The minimum Gasteiger partial charge on any atom is -0.366 e. The van der Waals surface area contributed by atoms with Crippen molar-refractivity contribution >= 4 is 5.69 Å². The largest absolute Gasteiger partial charge is 0.366 e. The first-order valence-corrected chi connectivity index (χ1v) is 7.11. The molecule has 2 N–H and O–H groups in total. The molecule has 1 heterocycles. The Morgan fingerprint density at radius 2 is 1.95 bits per heavy atom. The zero-order valence-electron chi connectivity index (χ0n) is 12.6. The summed E-state index contributed by atoms with van der Waals surface area (Å²) in [4.78, 5) is 6.92. The molecule has 1 aromatic carbocycles. The van der Waals surface area contributed by atoms with E-state index in [-0.39, 0.29) is 0 Å². The molecule has 0 unspecified atom stereocenters. The van der Waals surface area contributed by atoms with Crippen molar-refractivity contribution in [3.63, 3.8) is 0 Å². The highest BCUT2D eigenvalue weighted by Gasteiger charge is 2.10. The van der Waals surface area contributed by atoms with Crippen molar-refractivity contribution in [1.29, 1.82) is 0 Å². The maximum absolute atomic E-state index is 5.87. The molecule has 2 aromatic rings. The Labute approximate surface area is 121 Å². The highest BCUT2D eigenvalue weighted by Crippen LogP contribution is 2.23. The predicted molar refractivity (Wildman–Crippen MR) is 84.8 cm³/mol. The highest BCUT2D eigenvalue weighted by molar-refractivity contribution is 5.55. The molecule has 3 nitrogen and oxygen atoms in total. The summed E-state index contributed by atoms with van der Waals surface area (Å²) in [6.07, 6.45) is 0. The van der Waals surface area contributed by atoms with E-state index in [1.54, 1.807) is 0 Å². The smallest absolute Gasteiger partial charge is 0.0602 e. The van der Waals surface area contributed by atoms with Crippen LogP contribution in [-0.2, 0) is 13.1 Å². The van der Waals surface area contributed by atoms with Crippen LogP contribution in [0, 0.1) is 13.8 Å². The Morgan fingerprint density at radius 3 is 2.60 bits per heavy atom. The molecule has 0 fully saturated rings. The minimum absolute atomic E-state index is 0.563. The van der Waals surface area contributed by atoms with E-state index < -0.39 is 0 Å². The van der Waals surface area contributed by atoms with Gasteiger partial charge in [-0.2, -0.15) is 0 Å². The van der Waals surface area contributed by atoms with Crippen molar-refractivity contribution in [1.82, 2.24) is 4.98 Å². The van der Waals surface area contributed by atoms with Crippen LogP contribution in [0.25, 0.3) is 0 Å². The summed E-state index contributed by atoms with van der Waals surface area (Å²) in [5.74, 6) is 0. The van der Waals surface area contributed by atoms with Gasteiger partial charge in [0.1, 0.15) is 0 Å². The number of nitrogens with two attached hydrogens (primary N) is 1. The molecule has 3 heteroatoms. The Kier molecular flexibility index (Phi) is 4.74. The summed E-state index contributed by atoms with van der Waals surface area (Å²) in [5, 5.41) is 0. The summed E-state index contributed by atoms with van der Waals surface area (Å²) >= 11 is 0. The van der Waals surface area contributed by atoms with Gasteiger partial charge in [0.05, 0.1) is 12.2 Å². The van der Waals surface area contributed by atoms with E-state index in [1.165, 1.54) is 16.8 Å². The number of pyridine rings is 1. The Balaban J connectivity index is 2.30. The van der Waals surface area contributed by atoms with Crippen LogP contribution in [0.3, 0.4) is 0 Å². The van der Waals surface area contributed by atoms with Crippen molar-refractivity contribution in [2.24, 2.45) is 5.73 Å². The molecule has 0 bridgehead atoms. The molecule has 0 aliphatic rings. The highest BCUT2D eigenvalue weighted by atomic mass is 15.1. The average molecular weight is 269 g/mol. The van der Waals surface area contributed by atoms with Crippen LogP contribution in [0.2, 0.25) is 0 Å². The van der Waals surface area contributed by atoms with Crippen molar-refractivity contribution in [2.45, 2.75) is 33.9 Å². The van der Waals surface area contributed by atoms with Gasteiger partial charge < -0.3 is 10.6 Å². The third-order valence-electron chi connectivity index (χ3n) is 3.48. The number of nitrogens with zero attached hydrogens (tertiary/aromatic N) is 2. The van der Waals surface area contributed by atoms with E-state index >= 15 is 0 Å². The monoisotopic (exact) mass is 269 g/mol. The molecule has 0 amide bonds. The Bertz CT molecular complexity index is 578. The van der Waals surface area contributed by atoms with Crippen LogP contribution in [-0.4, -0.2) is 11.5 Å². The van der Waals surface area contributed by atoms with E-state index in [0.717, 1.165) is 24.5 Å². The molecule has 0 saturated carbocycles. The summed E-state index contributed by atoms with van der Waals surface area (Å²) < 4.78 is 0. The van der Waals surface area contributed by atoms with Gasteiger partial charge in [-0.1, -0.05) is 18.2 Å². The molecule has 0 aliphatic carbocycles. The lowest BCUT2D eigenvalue weighted by atomic mass is 10.1. The summed E-state index contributed by atoms with van der Waals surface area (Å²) in [6, 6.07) is 12.6. The SMILES string of the molecule is CCN(Cc1cccc(C)n1)c1cc(C)ccc1CN. The third-order valence-corrected chi connectivity index (χ3v) is 3.48. The Morgan fingerprint density at radius 1 is 1.15 bits per heavy atom. The topological polar surface area (TPSA) is 42.2 Å². The molecular formula is C17H23N3. The van der Waals surface area contributed by atoms with Crippen LogP contribution in [0.5, 0.6) is 0 Å². The van der Waals surface area contributed by atoms with E-state index in [9.17, 15) is 0 Å². The summed E-state index contributed by atoms with van der Waals surface area (Å²) in [6.45, 7) is 8.62. The molecule has 2 rings (SSSR count). The fourth-order valence-corrected chi connectivity index (χ4v) is 2.39. The molecule has 0 saturated heterocycles. The molecule has 1 aromatic heterocycles. The van der Waals surface area contributed by atoms with Crippen LogP contribution < -0.4 is 10.6 Å². The predicted octanol–water partition coefficient (Wildman–Crippen LogP) is 3.18. The van der Waals surface area contributed by atoms with Crippen LogP contribution >= 0.6 is 0 Å². The lowest BCUT2D eigenvalue weighted by Crippen LogP contribution is -2.24. The van der Waals surface area contributed by atoms with Gasteiger partial charge in [0.2, 0.25) is 0 Å². The molecule has 106 valence electrons. The molecule has 0 aliphatic heterocycles. The maximum Gasteiger partial charge on any atom is 0.0602 e. The van der Waals surface area contributed by atoms with Gasteiger partial charge in [0, 0.05) is 24.5 Å². The summed E-state index contributed by atoms with van der Waals surface area (Å²) in [7, 11) is 0. The van der Waals surface area contributed by atoms with Gasteiger partial charge in [0.15, 0.2) is 0 Å². The second-order valence-corrected chi connectivity index (χ2v) is 5.12. The van der Waals surface area contributed by atoms with Gasteiger partial charge in [-0.15, -0.1) is 0 Å². The fraction of sp³-hybridized carbons (Fsp3) is 0.353. The van der Waals surface area contributed by atoms with Gasteiger partial charge in [-0.25, -0.2) is 0 Å². The van der Waals surface area contributed by atoms with E-state index in [1.807, 2.05) is 13.0 Å². The first-order chi connectivity index (χ1) is 9.63. The zero-order chi connectivity index (χ0) is 14.5. The maximum atomic E-state index is 5.87.